The van der Waals surface area contributed by atoms with Gasteiger partial charge in [0.05, 0.1) is 6.33 Å². The lowest BCUT2D eigenvalue weighted by Gasteiger charge is -2.33. The summed E-state index contributed by atoms with van der Waals surface area (Å²) < 4.78 is 1.93. The molecule has 2 aliphatic heterocycles. The maximum absolute atomic E-state index is 13.0. The van der Waals surface area contributed by atoms with E-state index in [0.29, 0.717) is 11.3 Å². The highest BCUT2D eigenvalue weighted by molar-refractivity contribution is 5.94. The summed E-state index contributed by atoms with van der Waals surface area (Å²) in [5, 5.41) is 17.3. The van der Waals surface area contributed by atoms with Crippen LogP contribution in [0.3, 0.4) is 0 Å². The molecule has 3 N–H and O–H groups in total. The molecule has 1 aromatic heterocycles. The zero-order valence-electron chi connectivity index (χ0n) is 19.3. The quantitative estimate of drug-likeness (QED) is 0.581. The molecule has 2 unspecified atom stereocenters. The van der Waals surface area contributed by atoms with Gasteiger partial charge in [-0.2, -0.15) is 0 Å². The number of likely N-dealkylation sites (tertiary alicyclic amines) is 1. The van der Waals surface area contributed by atoms with Crippen molar-refractivity contribution in [2.75, 3.05) is 26.2 Å². The molecule has 6 rings (SSSR count). The lowest BCUT2D eigenvalue weighted by molar-refractivity contribution is 0.0667. The van der Waals surface area contributed by atoms with E-state index in [-0.39, 0.29) is 5.91 Å². The van der Waals surface area contributed by atoms with Gasteiger partial charge >= 0.3 is 0 Å². The van der Waals surface area contributed by atoms with E-state index < -0.39 is 6.23 Å². The Balaban J connectivity index is 0.988. The third kappa shape index (κ3) is 3.99. The van der Waals surface area contributed by atoms with Crippen molar-refractivity contribution >= 4 is 5.91 Å². The first kappa shape index (κ1) is 21.4. The van der Waals surface area contributed by atoms with Gasteiger partial charge in [0.2, 0.25) is 0 Å². The van der Waals surface area contributed by atoms with E-state index in [4.69, 9.17) is 0 Å². The minimum Gasteiger partial charge on any atom is -0.387 e. The largest absolute Gasteiger partial charge is 0.387 e. The second-order valence-electron chi connectivity index (χ2n) is 10.0. The number of carbonyl (C=O) groups excluding carboxylic acids is 1. The van der Waals surface area contributed by atoms with Crippen LogP contribution in [0.15, 0.2) is 78.1 Å². The van der Waals surface area contributed by atoms with Crippen molar-refractivity contribution in [1.29, 1.82) is 0 Å². The van der Waals surface area contributed by atoms with Crippen molar-refractivity contribution in [1.82, 2.24) is 25.1 Å². The Hall–Kier alpha value is -3.16. The van der Waals surface area contributed by atoms with E-state index in [1.54, 1.807) is 12.5 Å². The van der Waals surface area contributed by atoms with Gasteiger partial charge in [0, 0.05) is 56.0 Å². The summed E-state index contributed by atoms with van der Waals surface area (Å²) in [6.45, 7) is 3.30. The van der Waals surface area contributed by atoms with Gasteiger partial charge < -0.3 is 19.9 Å². The second-order valence-corrected chi connectivity index (χ2v) is 10.0. The number of amides is 1. The van der Waals surface area contributed by atoms with Gasteiger partial charge in [-0.1, -0.05) is 12.2 Å². The Labute approximate surface area is 199 Å². The minimum atomic E-state index is -0.586. The maximum atomic E-state index is 13.0. The maximum Gasteiger partial charge on any atom is 0.253 e. The number of aliphatic hydroxyl groups is 1. The van der Waals surface area contributed by atoms with Gasteiger partial charge in [0.1, 0.15) is 6.23 Å². The van der Waals surface area contributed by atoms with Crippen molar-refractivity contribution < 1.29 is 9.90 Å². The highest BCUT2D eigenvalue weighted by Crippen LogP contribution is 2.59. The lowest BCUT2D eigenvalue weighted by atomic mass is 9.90. The number of hydrogen-bond donors (Lipinski definition) is 3. The topological polar surface area (TPSA) is 82.4 Å². The smallest absolute Gasteiger partial charge is 0.253 e. The summed E-state index contributed by atoms with van der Waals surface area (Å²) in [4.78, 5) is 19.1. The van der Waals surface area contributed by atoms with Gasteiger partial charge in [-0.05, 0) is 78.0 Å². The van der Waals surface area contributed by atoms with Crippen molar-refractivity contribution in [3.8, 4) is 5.69 Å². The van der Waals surface area contributed by atoms with E-state index in [2.05, 4.69) is 34.0 Å². The monoisotopic (exact) mass is 457 g/mol. The summed E-state index contributed by atoms with van der Waals surface area (Å²) in [6, 6.07) is 7.74. The molecule has 3 heterocycles. The predicted molar refractivity (Wildman–Crippen MR) is 130 cm³/mol. The average molecular weight is 458 g/mol. The number of benzene rings is 1. The molecule has 176 valence electrons. The molecule has 34 heavy (non-hydrogen) atoms. The summed E-state index contributed by atoms with van der Waals surface area (Å²) in [5.41, 5.74) is 5.63. The van der Waals surface area contributed by atoms with E-state index in [1.165, 1.54) is 17.6 Å². The van der Waals surface area contributed by atoms with Crippen molar-refractivity contribution in [3.05, 3.63) is 83.6 Å². The SMILES string of the molecule is O=C(c1ccc(-n2ccnc2)cc1)N1CCC2(CC1)CC2CNC(O)C1=CC2=CCNC=C2C1. The molecule has 0 radical (unpaired) electrons. The molecule has 2 aromatic rings. The average Bonchev–Trinajstić information content (AvgIpc) is 3.26. The zero-order valence-corrected chi connectivity index (χ0v) is 19.3. The Morgan fingerprint density at radius 3 is 2.82 bits per heavy atom. The number of nitrogens with one attached hydrogen (secondary N) is 2. The molecular formula is C27H31N5O2. The van der Waals surface area contributed by atoms with Crippen LogP contribution in [0.1, 0.15) is 36.0 Å². The van der Waals surface area contributed by atoms with E-state index in [9.17, 15) is 9.90 Å². The fraction of sp³-hybridized carbons (Fsp3) is 0.407. The molecule has 2 fully saturated rings. The van der Waals surface area contributed by atoms with Crippen LogP contribution >= 0.6 is 0 Å². The molecule has 1 aromatic carbocycles. The van der Waals surface area contributed by atoms with Crippen molar-refractivity contribution in [2.24, 2.45) is 11.3 Å². The highest BCUT2D eigenvalue weighted by atomic mass is 16.3. The predicted octanol–water partition coefficient (Wildman–Crippen LogP) is 2.77. The molecule has 7 nitrogen and oxygen atoms in total. The third-order valence-electron chi connectivity index (χ3n) is 8.05. The third-order valence-corrected chi connectivity index (χ3v) is 8.05. The molecule has 1 spiro atoms. The minimum absolute atomic E-state index is 0.116. The first-order valence-corrected chi connectivity index (χ1v) is 12.2. The Morgan fingerprint density at radius 2 is 2.09 bits per heavy atom. The van der Waals surface area contributed by atoms with Gasteiger partial charge in [-0.25, -0.2) is 4.98 Å². The summed E-state index contributed by atoms with van der Waals surface area (Å²) in [7, 11) is 0. The fourth-order valence-electron chi connectivity index (χ4n) is 5.76. The van der Waals surface area contributed by atoms with Crippen LogP contribution < -0.4 is 10.6 Å². The number of piperidine rings is 1. The molecule has 1 saturated heterocycles. The van der Waals surface area contributed by atoms with E-state index in [0.717, 1.165) is 62.3 Å². The van der Waals surface area contributed by atoms with Crippen LogP contribution in [0.2, 0.25) is 0 Å². The fourth-order valence-corrected chi connectivity index (χ4v) is 5.76. The number of hydrogen-bond acceptors (Lipinski definition) is 5. The number of imidazole rings is 1. The summed E-state index contributed by atoms with van der Waals surface area (Å²) in [6.07, 6.45) is 15.3. The molecule has 4 aliphatic rings. The number of aliphatic hydroxyl groups excluding tert-OH is 1. The Morgan fingerprint density at radius 1 is 1.26 bits per heavy atom. The Kier molecular flexibility index (Phi) is 5.38. The van der Waals surface area contributed by atoms with Crippen LogP contribution in [0.25, 0.3) is 5.69 Å². The first-order valence-electron chi connectivity index (χ1n) is 12.2. The van der Waals surface area contributed by atoms with Crippen LogP contribution in [0.4, 0.5) is 0 Å². The van der Waals surface area contributed by atoms with Crippen LogP contribution in [0.5, 0.6) is 0 Å². The number of carbonyl (C=O) groups is 1. The number of aromatic nitrogens is 2. The normalized spacial score (nSPS) is 23.5. The number of allylic oxidation sites excluding steroid dienone is 3. The standard InChI is InChI=1S/C27H31N5O2/c33-25(21-13-20-5-8-28-16-22(20)14-21)30-17-23-15-27(23)6-10-31(11-7-27)26(34)19-1-3-24(4-2-19)32-12-9-29-18-32/h1-5,9,12-13,16,18,23,25,28,30,33H,6-8,10-11,14-15,17H2. The molecule has 1 amide bonds. The molecule has 2 atom stereocenters. The molecule has 7 heteroatoms. The zero-order chi connectivity index (χ0) is 23.1. The first-order chi connectivity index (χ1) is 16.6. The summed E-state index contributed by atoms with van der Waals surface area (Å²) in [5.74, 6) is 0.698. The van der Waals surface area contributed by atoms with Crippen molar-refractivity contribution in [3.63, 3.8) is 0 Å². The van der Waals surface area contributed by atoms with Gasteiger partial charge in [0.25, 0.3) is 5.91 Å². The molecule has 0 bridgehead atoms. The number of rotatable bonds is 6. The summed E-state index contributed by atoms with van der Waals surface area (Å²) >= 11 is 0. The second kappa shape index (κ2) is 8.56. The van der Waals surface area contributed by atoms with Gasteiger partial charge in [-0.15, -0.1) is 0 Å². The van der Waals surface area contributed by atoms with Crippen LogP contribution in [-0.4, -0.2) is 57.9 Å². The molecule has 1 saturated carbocycles. The number of nitrogens with zero attached hydrogens (tertiary/aromatic N) is 3. The van der Waals surface area contributed by atoms with E-state index in [1.807, 2.05) is 39.9 Å². The molecule has 2 aliphatic carbocycles. The van der Waals surface area contributed by atoms with Crippen molar-refractivity contribution in [2.45, 2.75) is 31.9 Å². The lowest BCUT2D eigenvalue weighted by Crippen LogP contribution is -2.40. The van der Waals surface area contributed by atoms with E-state index >= 15 is 0 Å². The van der Waals surface area contributed by atoms with Gasteiger partial charge in [0.15, 0.2) is 0 Å². The van der Waals surface area contributed by atoms with Crippen LogP contribution in [-0.2, 0) is 0 Å². The van der Waals surface area contributed by atoms with Gasteiger partial charge in [-0.3, -0.25) is 10.1 Å². The Bertz CT molecular complexity index is 1150. The van der Waals surface area contributed by atoms with Crippen LogP contribution in [0, 0.1) is 11.3 Å². The molecular weight excluding hydrogens is 426 g/mol. The highest BCUT2D eigenvalue weighted by Gasteiger charge is 2.54. The number of dihydropyridines is 1. The number of fused-ring (bicyclic) bond motifs is 1.